The summed E-state index contributed by atoms with van der Waals surface area (Å²) in [6.07, 6.45) is 0. The van der Waals surface area contributed by atoms with Crippen molar-refractivity contribution in [1.29, 1.82) is 0 Å². The summed E-state index contributed by atoms with van der Waals surface area (Å²) in [5, 5.41) is 4.48. The summed E-state index contributed by atoms with van der Waals surface area (Å²) in [6.45, 7) is 13.4. The molecule has 1 aromatic carbocycles. The molecule has 0 atom stereocenters. The minimum Gasteiger partial charge on any atom is -0.398 e. The van der Waals surface area contributed by atoms with Crippen LogP contribution in [-0.2, 0) is 9.31 Å². The van der Waals surface area contributed by atoms with Crippen molar-refractivity contribution in [1.82, 2.24) is 9.78 Å². The van der Waals surface area contributed by atoms with Crippen LogP contribution in [0.3, 0.4) is 0 Å². The molecule has 1 aliphatic heterocycles. The summed E-state index contributed by atoms with van der Waals surface area (Å²) in [5.41, 5.74) is 2.78. The van der Waals surface area contributed by atoms with Crippen molar-refractivity contribution in [3.05, 3.63) is 53.0 Å². The van der Waals surface area contributed by atoms with E-state index >= 15 is 0 Å². The molecule has 26 heavy (non-hydrogen) atoms. The fourth-order valence-electron chi connectivity index (χ4n) is 3.00. The Kier molecular flexibility index (Phi) is 4.61. The molecule has 6 heteroatoms. The highest BCUT2D eigenvalue weighted by molar-refractivity contribution is 6.55. The summed E-state index contributed by atoms with van der Waals surface area (Å²) >= 11 is 0. The van der Waals surface area contributed by atoms with Gasteiger partial charge in [0.15, 0.2) is 0 Å². The Morgan fingerprint density at radius 3 is 2.04 bits per heavy atom. The monoisotopic (exact) mass is 356 g/mol. The molecule has 3 rings (SSSR count). The SMILES string of the molecule is CC(=C(F)B1OC(C)(C)C(C)(C)O1)c1ccc(-n2nc(C)cc2C)cc1. The average molecular weight is 356 g/mol. The van der Waals surface area contributed by atoms with Gasteiger partial charge >= 0.3 is 7.12 Å². The quantitative estimate of drug-likeness (QED) is 0.740. The van der Waals surface area contributed by atoms with Crippen molar-refractivity contribution in [3.8, 4) is 5.69 Å². The van der Waals surface area contributed by atoms with Gasteiger partial charge in [-0.15, -0.1) is 0 Å². The Hall–Kier alpha value is -1.92. The van der Waals surface area contributed by atoms with Gasteiger partial charge in [0.05, 0.1) is 22.6 Å². The van der Waals surface area contributed by atoms with Crippen LogP contribution in [0.4, 0.5) is 4.39 Å². The topological polar surface area (TPSA) is 36.3 Å². The first-order chi connectivity index (χ1) is 12.0. The summed E-state index contributed by atoms with van der Waals surface area (Å²) in [7, 11) is -0.976. The molecule has 0 spiro atoms. The molecule has 1 aromatic heterocycles. The molecule has 0 amide bonds. The van der Waals surface area contributed by atoms with E-state index in [-0.39, 0.29) is 5.73 Å². The first-order valence-electron chi connectivity index (χ1n) is 8.88. The molecular weight excluding hydrogens is 330 g/mol. The summed E-state index contributed by atoms with van der Waals surface area (Å²) in [6, 6.07) is 9.69. The lowest BCUT2D eigenvalue weighted by atomic mass is 9.83. The van der Waals surface area contributed by atoms with Crippen LogP contribution in [-0.4, -0.2) is 28.1 Å². The number of aromatic nitrogens is 2. The molecule has 4 nitrogen and oxygen atoms in total. The van der Waals surface area contributed by atoms with Gasteiger partial charge in [0.2, 0.25) is 0 Å². The van der Waals surface area contributed by atoms with Gasteiger partial charge in [0.25, 0.3) is 0 Å². The zero-order chi connectivity index (χ0) is 19.3. The standard InChI is InChI=1S/C20H26BFN2O2/c1-13-12-14(2)24(23-13)17-10-8-16(9-11-17)15(3)18(22)21-25-19(4,5)20(6,7)26-21/h8-12H,1-7H3. The van der Waals surface area contributed by atoms with Gasteiger partial charge in [-0.05, 0) is 77.8 Å². The maximum Gasteiger partial charge on any atom is 0.525 e. The lowest BCUT2D eigenvalue weighted by molar-refractivity contribution is 0.00578. The summed E-state index contributed by atoms with van der Waals surface area (Å²) < 4.78 is 28.5. The largest absolute Gasteiger partial charge is 0.525 e. The molecule has 0 bridgehead atoms. The molecule has 0 unspecified atom stereocenters. The van der Waals surface area contributed by atoms with Crippen LogP contribution in [0.5, 0.6) is 0 Å². The summed E-state index contributed by atoms with van der Waals surface area (Å²) in [4.78, 5) is 0. The zero-order valence-electron chi connectivity index (χ0n) is 16.6. The highest BCUT2D eigenvalue weighted by atomic mass is 19.1. The van der Waals surface area contributed by atoms with Crippen molar-refractivity contribution in [2.24, 2.45) is 0 Å². The summed E-state index contributed by atoms with van der Waals surface area (Å²) in [5.74, 6) is 0. The molecule has 2 heterocycles. The van der Waals surface area contributed by atoms with Crippen molar-refractivity contribution in [2.45, 2.75) is 59.7 Å². The molecule has 2 aromatic rings. The molecule has 0 aliphatic carbocycles. The van der Waals surface area contributed by atoms with Gasteiger partial charge < -0.3 is 9.31 Å². The van der Waals surface area contributed by atoms with Crippen molar-refractivity contribution < 1.29 is 13.7 Å². The number of halogens is 1. The number of hydrogen-bond donors (Lipinski definition) is 0. The second-order valence-corrected chi connectivity index (χ2v) is 7.95. The highest BCUT2D eigenvalue weighted by Gasteiger charge is 2.53. The van der Waals surface area contributed by atoms with Crippen LogP contribution in [0.2, 0.25) is 0 Å². The first-order valence-corrected chi connectivity index (χ1v) is 8.88. The van der Waals surface area contributed by atoms with Crippen molar-refractivity contribution >= 4 is 12.7 Å². The lowest BCUT2D eigenvalue weighted by Gasteiger charge is -2.32. The third-order valence-electron chi connectivity index (χ3n) is 5.37. The predicted molar refractivity (Wildman–Crippen MR) is 103 cm³/mol. The number of benzene rings is 1. The molecular formula is C20H26BFN2O2. The van der Waals surface area contributed by atoms with Gasteiger partial charge in [-0.3, -0.25) is 0 Å². The normalized spacial score (nSPS) is 19.6. The number of aryl methyl sites for hydroxylation is 2. The second kappa shape index (κ2) is 6.36. The Morgan fingerprint density at radius 2 is 1.58 bits per heavy atom. The third kappa shape index (κ3) is 3.24. The molecule has 0 N–H and O–H groups in total. The number of rotatable bonds is 3. The molecule has 0 saturated carbocycles. The van der Waals surface area contributed by atoms with Gasteiger partial charge in [-0.25, -0.2) is 9.07 Å². The van der Waals surface area contributed by atoms with E-state index in [1.54, 1.807) is 6.92 Å². The van der Waals surface area contributed by atoms with E-state index in [9.17, 15) is 4.39 Å². The van der Waals surface area contributed by atoms with Gasteiger partial charge in [-0.1, -0.05) is 12.1 Å². The van der Waals surface area contributed by atoms with E-state index < -0.39 is 18.3 Å². The Morgan fingerprint density at radius 1 is 1.04 bits per heavy atom. The minimum absolute atomic E-state index is 0.387. The van der Waals surface area contributed by atoms with Crippen LogP contribution in [0.25, 0.3) is 11.3 Å². The van der Waals surface area contributed by atoms with Crippen LogP contribution < -0.4 is 0 Å². The Labute approximate surface area is 155 Å². The minimum atomic E-state index is -0.976. The van der Waals surface area contributed by atoms with Crippen molar-refractivity contribution in [3.63, 3.8) is 0 Å². The van der Waals surface area contributed by atoms with Crippen LogP contribution in [0, 0.1) is 13.8 Å². The maximum absolute atomic E-state index is 15.0. The lowest BCUT2D eigenvalue weighted by Crippen LogP contribution is -2.41. The fourth-order valence-corrected chi connectivity index (χ4v) is 3.00. The Bertz CT molecular complexity index is 837. The Balaban J connectivity index is 1.87. The van der Waals surface area contributed by atoms with E-state index in [1.165, 1.54) is 0 Å². The van der Waals surface area contributed by atoms with Crippen LogP contribution in [0.1, 0.15) is 51.6 Å². The third-order valence-corrected chi connectivity index (χ3v) is 5.37. The van der Waals surface area contributed by atoms with Crippen LogP contribution in [0.15, 0.2) is 36.1 Å². The molecule has 0 radical (unpaired) electrons. The molecule has 1 saturated heterocycles. The van der Waals surface area contributed by atoms with E-state index in [4.69, 9.17) is 9.31 Å². The van der Waals surface area contributed by atoms with E-state index in [0.29, 0.717) is 5.57 Å². The number of nitrogens with zero attached hydrogens (tertiary/aromatic N) is 2. The maximum atomic E-state index is 15.0. The first kappa shape index (κ1) is 18.9. The fraction of sp³-hybridized carbons (Fsp3) is 0.450. The molecule has 1 fully saturated rings. The zero-order valence-corrected chi connectivity index (χ0v) is 16.6. The predicted octanol–water partition coefficient (Wildman–Crippen LogP) is 4.82. The van der Waals surface area contributed by atoms with E-state index in [1.807, 2.05) is 76.6 Å². The van der Waals surface area contributed by atoms with E-state index in [2.05, 4.69) is 5.10 Å². The molecule has 1 aliphatic rings. The van der Waals surface area contributed by atoms with E-state index in [0.717, 1.165) is 22.6 Å². The smallest absolute Gasteiger partial charge is 0.398 e. The molecule has 138 valence electrons. The average Bonchev–Trinajstić information content (AvgIpc) is 3.01. The number of hydrogen-bond acceptors (Lipinski definition) is 3. The van der Waals surface area contributed by atoms with Gasteiger partial charge in [0.1, 0.15) is 5.73 Å². The second-order valence-electron chi connectivity index (χ2n) is 7.95. The van der Waals surface area contributed by atoms with Gasteiger partial charge in [-0.2, -0.15) is 5.10 Å². The van der Waals surface area contributed by atoms with Crippen molar-refractivity contribution in [2.75, 3.05) is 0 Å². The highest BCUT2D eigenvalue weighted by Crippen LogP contribution is 2.40. The number of allylic oxidation sites excluding steroid dienone is 1. The van der Waals surface area contributed by atoms with Crippen LogP contribution >= 0.6 is 0 Å². The van der Waals surface area contributed by atoms with Gasteiger partial charge in [0, 0.05) is 5.69 Å².